The molecule has 0 heterocycles. The van der Waals surface area contributed by atoms with Crippen molar-refractivity contribution in [1.29, 1.82) is 0 Å². The van der Waals surface area contributed by atoms with Gasteiger partial charge in [-0.15, -0.1) is 0 Å². The van der Waals surface area contributed by atoms with Crippen molar-refractivity contribution in [3.05, 3.63) is 12.2 Å². The molecular formula is C33H55N2O14P. The van der Waals surface area contributed by atoms with E-state index in [1.54, 1.807) is 0 Å². The highest BCUT2D eigenvalue weighted by Gasteiger charge is 2.48. The zero-order valence-electron chi connectivity index (χ0n) is 30.0. The smallest absolute Gasteiger partial charge is 0.441 e. The van der Waals surface area contributed by atoms with Gasteiger partial charge in [-0.05, 0) is 69.6 Å². The molecule has 5 unspecified atom stereocenters. The van der Waals surface area contributed by atoms with Crippen LogP contribution >= 0.6 is 7.82 Å². The molecule has 0 aromatic heterocycles. The van der Waals surface area contributed by atoms with Gasteiger partial charge < -0.3 is 24.1 Å². The van der Waals surface area contributed by atoms with Gasteiger partial charge in [-0.2, -0.15) is 0 Å². The highest BCUT2D eigenvalue weighted by molar-refractivity contribution is 7.48. The number of aliphatic hydroxyl groups excluding tert-OH is 1. The molecule has 2 aliphatic carbocycles. The summed E-state index contributed by atoms with van der Waals surface area (Å²) in [5, 5.41) is 11.4. The molecule has 0 aromatic carbocycles. The molecule has 17 heteroatoms. The second-order valence-electron chi connectivity index (χ2n) is 12.8. The predicted molar refractivity (Wildman–Crippen MR) is 178 cm³/mol. The van der Waals surface area contributed by atoms with E-state index in [-0.39, 0.29) is 55.4 Å². The van der Waals surface area contributed by atoms with Gasteiger partial charge in [0, 0.05) is 26.1 Å². The van der Waals surface area contributed by atoms with Gasteiger partial charge in [0.15, 0.2) is 19.0 Å². The third-order valence-electron chi connectivity index (χ3n) is 8.62. The fraction of sp³-hybridized carbons (Fsp3) is 0.788. The lowest BCUT2D eigenvalue weighted by atomic mass is 9.73. The Kier molecular flexibility index (Phi) is 19.0. The highest BCUT2D eigenvalue weighted by atomic mass is 31.2. The molecule has 16 nitrogen and oxygen atoms in total. The van der Waals surface area contributed by atoms with Crippen LogP contribution in [0.25, 0.3) is 0 Å². The number of hydrogen-bond donors (Lipinski definition) is 1. The van der Waals surface area contributed by atoms with Crippen LogP contribution in [-0.4, -0.2) is 111 Å². The monoisotopic (exact) mass is 734 g/mol. The Bertz CT molecular complexity index is 1180. The molecule has 0 saturated heterocycles. The van der Waals surface area contributed by atoms with Crippen molar-refractivity contribution in [2.24, 2.45) is 17.8 Å². The SMILES string of the molecule is C=C(C)C(=O)OCOC(=O)COC(=O)N(C)CN(C)C(=O)OCC(=O)CCC1CCC2CCC(OP(=O)(OCCCC)OCCCC)C(O)C12. The number of ketones is 1. The van der Waals surface area contributed by atoms with Gasteiger partial charge in [0.25, 0.3) is 0 Å². The Morgan fingerprint density at radius 1 is 0.840 bits per heavy atom. The number of phosphoric ester groups is 1. The normalized spacial score (nSPS) is 21.4. The Hall–Kier alpha value is -3.04. The largest absolute Gasteiger partial charge is 0.475 e. The van der Waals surface area contributed by atoms with E-state index in [4.69, 9.17) is 23.0 Å². The second-order valence-corrected chi connectivity index (χ2v) is 14.4. The molecule has 2 aliphatic rings. The molecule has 2 fully saturated rings. The molecule has 2 amide bonds. The number of ether oxygens (including phenoxy) is 4. The van der Waals surface area contributed by atoms with Crippen molar-refractivity contribution in [1.82, 2.24) is 9.80 Å². The van der Waals surface area contributed by atoms with E-state index in [1.807, 2.05) is 13.8 Å². The van der Waals surface area contributed by atoms with Crippen molar-refractivity contribution < 1.29 is 66.2 Å². The lowest BCUT2D eigenvalue weighted by Gasteiger charge is -2.40. The van der Waals surface area contributed by atoms with E-state index in [0.717, 1.165) is 41.9 Å². The molecule has 50 heavy (non-hydrogen) atoms. The highest BCUT2D eigenvalue weighted by Crippen LogP contribution is 2.55. The number of hydrogen-bond acceptors (Lipinski definition) is 14. The zero-order valence-corrected chi connectivity index (χ0v) is 30.9. The number of esters is 2. The molecule has 0 spiro atoms. The summed E-state index contributed by atoms with van der Waals surface area (Å²) in [4.78, 5) is 62.3. The fourth-order valence-corrected chi connectivity index (χ4v) is 7.36. The Morgan fingerprint density at radius 3 is 2.00 bits per heavy atom. The molecule has 5 atom stereocenters. The van der Waals surface area contributed by atoms with Crippen LogP contribution < -0.4 is 0 Å². The van der Waals surface area contributed by atoms with Crippen LogP contribution in [0.4, 0.5) is 9.59 Å². The summed E-state index contributed by atoms with van der Waals surface area (Å²) < 4.78 is 49.7. The number of rotatable bonds is 22. The van der Waals surface area contributed by atoms with Gasteiger partial charge in [0.2, 0.25) is 6.79 Å². The predicted octanol–water partition coefficient (Wildman–Crippen LogP) is 4.97. The van der Waals surface area contributed by atoms with Crippen LogP contribution in [0.15, 0.2) is 12.2 Å². The van der Waals surface area contributed by atoms with Crippen LogP contribution in [0.2, 0.25) is 0 Å². The Labute approximate surface area is 294 Å². The number of Topliss-reactive ketones (excluding diaryl/α,β-unsaturated/α-hetero) is 1. The number of amides is 2. The first-order valence-corrected chi connectivity index (χ1v) is 18.7. The number of carbonyl (C=O) groups is 5. The lowest BCUT2D eigenvalue weighted by molar-refractivity contribution is -0.166. The minimum atomic E-state index is -3.86. The maximum atomic E-state index is 13.4. The summed E-state index contributed by atoms with van der Waals surface area (Å²) in [5.74, 6) is -1.84. The Balaban J connectivity index is 1.77. The summed E-state index contributed by atoms with van der Waals surface area (Å²) in [6.45, 7) is 7.10. The zero-order chi connectivity index (χ0) is 37.3. The van der Waals surface area contributed by atoms with E-state index in [9.17, 15) is 33.6 Å². The lowest BCUT2D eigenvalue weighted by Crippen LogP contribution is -2.44. The Morgan fingerprint density at radius 2 is 1.42 bits per heavy atom. The van der Waals surface area contributed by atoms with Gasteiger partial charge in [-0.1, -0.05) is 33.3 Å². The second kappa shape index (κ2) is 22.0. The summed E-state index contributed by atoms with van der Waals surface area (Å²) >= 11 is 0. The molecule has 0 aliphatic heterocycles. The summed E-state index contributed by atoms with van der Waals surface area (Å²) in [6, 6.07) is 0. The van der Waals surface area contributed by atoms with Gasteiger partial charge in [0.1, 0.15) is 6.67 Å². The van der Waals surface area contributed by atoms with Crippen molar-refractivity contribution >= 4 is 37.7 Å². The molecular weight excluding hydrogens is 679 g/mol. The van der Waals surface area contributed by atoms with Crippen LogP contribution in [0.5, 0.6) is 0 Å². The van der Waals surface area contributed by atoms with Gasteiger partial charge in [-0.25, -0.2) is 23.7 Å². The minimum Gasteiger partial charge on any atom is -0.441 e. The number of nitrogens with zero attached hydrogens (tertiary/aromatic N) is 2. The average Bonchev–Trinajstić information content (AvgIpc) is 3.50. The van der Waals surface area contributed by atoms with Crippen molar-refractivity contribution in [2.75, 3.05) is 54.0 Å². The van der Waals surface area contributed by atoms with E-state index >= 15 is 0 Å². The molecule has 1 N–H and O–H groups in total. The first kappa shape index (κ1) is 43.1. The maximum Gasteiger partial charge on any atom is 0.475 e. The molecule has 0 radical (unpaired) electrons. The fourth-order valence-electron chi connectivity index (χ4n) is 5.90. The quantitative estimate of drug-likeness (QED) is 0.0391. The molecule has 2 saturated carbocycles. The average molecular weight is 735 g/mol. The van der Waals surface area contributed by atoms with Gasteiger partial charge in [0.05, 0.1) is 25.4 Å². The first-order chi connectivity index (χ1) is 23.7. The summed E-state index contributed by atoms with van der Waals surface area (Å²) in [5.41, 5.74) is 0.122. The van der Waals surface area contributed by atoms with Crippen LogP contribution in [0, 0.1) is 17.8 Å². The molecule has 286 valence electrons. The topological polar surface area (TPSA) is 194 Å². The van der Waals surface area contributed by atoms with Crippen molar-refractivity contribution in [2.45, 2.75) is 97.2 Å². The van der Waals surface area contributed by atoms with E-state index in [0.29, 0.717) is 25.7 Å². The van der Waals surface area contributed by atoms with Crippen LogP contribution in [0.1, 0.15) is 85.0 Å². The van der Waals surface area contributed by atoms with Gasteiger partial charge >= 0.3 is 31.9 Å². The number of carbonyl (C=O) groups excluding carboxylic acids is 5. The number of phosphoric acid groups is 1. The third kappa shape index (κ3) is 14.7. The summed E-state index contributed by atoms with van der Waals surface area (Å²) in [6.07, 6.45) is 3.42. The maximum absolute atomic E-state index is 13.4. The first-order valence-electron chi connectivity index (χ1n) is 17.2. The number of aliphatic hydroxyl groups is 1. The van der Waals surface area contributed by atoms with Crippen molar-refractivity contribution in [3.63, 3.8) is 0 Å². The van der Waals surface area contributed by atoms with Crippen molar-refractivity contribution in [3.8, 4) is 0 Å². The number of unbranched alkanes of at least 4 members (excludes halogenated alkanes) is 2. The van der Waals surface area contributed by atoms with E-state index in [1.165, 1.54) is 21.0 Å². The molecule has 0 bridgehead atoms. The van der Waals surface area contributed by atoms with E-state index in [2.05, 4.69) is 16.1 Å². The van der Waals surface area contributed by atoms with E-state index < -0.39 is 64.2 Å². The van der Waals surface area contributed by atoms with Crippen LogP contribution in [0.3, 0.4) is 0 Å². The minimum absolute atomic E-state index is 0.0356. The van der Waals surface area contributed by atoms with Gasteiger partial charge in [-0.3, -0.25) is 28.2 Å². The molecule has 0 aromatic rings. The number of fused-ring (bicyclic) bond motifs is 1. The third-order valence-corrected chi connectivity index (χ3v) is 10.1. The van der Waals surface area contributed by atoms with Crippen LogP contribution in [-0.2, 0) is 51.5 Å². The summed E-state index contributed by atoms with van der Waals surface area (Å²) in [7, 11) is -1.19. The molecule has 2 rings (SSSR count). The standard InChI is InChI=1S/C33H55N2O14P/c1-7-9-17-47-50(42,48-18-10-8-2)49-27-16-14-25-12-11-24(29(25)30(27)38)13-15-26(36)19-43-32(40)34(5)21-35(6)33(41)44-20-28(37)45-22-46-31(39)23(3)4/h24-25,27,29-30,38H,3,7-22H2,1-2,4-6H3.